The smallest absolute Gasteiger partial charge is 0.304 e. The second-order valence-corrected chi connectivity index (χ2v) is 8.07. The molecule has 1 aliphatic rings. The van der Waals surface area contributed by atoms with Gasteiger partial charge in [0.15, 0.2) is 0 Å². The summed E-state index contributed by atoms with van der Waals surface area (Å²) in [4.78, 5) is 17.1. The lowest BCUT2D eigenvalue weighted by Gasteiger charge is -2.37. The molecule has 1 atom stereocenters. The maximum absolute atomic E-state index is 12.9. The van der Waals surface area contributed by atoms with E-state index in [1.165, 1.54) is 21.9 Å². The van der Waals surface area contributed by atoms with Crippen molar-refractivity contribution in [3.8, 4) is 0 Å². The lowest BCUT2D eigenvalue weighted by Crippen LogP contribution is -2.48. The van der Waals surface area contributed by atoms with Gasteiger partial charge in [0.25, 0.3) is 5.91 Å². The summed E-state index contributed by atoms with van der Waals surface area (Å²) in [5.41, 5.74) is 1.83. The van der Waals surface area contributed by atoms with Crippen LogP contribution in [0.1, 0.15) is 24.2 Å². The van der Waals surface area contributed by atoms with E-state index < -0.39 is 16.3 Å². The summed E-state index contributed by atoms with van der Waals surface area (Å²) < 4.78 is 27.9. The Bertz CT molecular complexity index is 930. The Kier molecular flexibility index (Phi) is 5.57. The predicted octanol–water partition coefficient (Wildman–Crippen LogP) is 1.84. The van der Waals surface area contributed by atoms with Crippen LogP contribution in [0.4, 0.5) is 0 Å². The molecule has 142 valence electrons. The Hall–Kier alpha value is -2.71. The van der Waals surface area contributed by atoms with E-state index in [9.17, 15) is 13.2 Å². The number of nitrogens with zero attached hydrogens (tertiary/aromatic N) is 3. The molecule has 3 rings (SSSR count). The van der Waals surface area contributed by atoms with E-state index in [2.05, 4.69) is 10.3 Å². The molecule has 1 unspecified atom stereocenters. The molecule has 1 N–H and O–H groups in total. The highest BCUT2D eigenvalue weighted by molar-refractivity contribution is 7.86. The molecule has 1 aromatic heterocycles. The summed E-state index contributed by atoms with van der Waals surface area (Å²) in [5.74, 6) is -0.324. The molecular formula is C19H22N4O3S. The third-order valence-corrected chi connectivity index (χ3v) is 6.34. The van der Waals surface area contributed by atoms with Crippen molar-refractivity contribution >= 4 is 16.1 Å². The van der Waals surface area contributed by atoms with Crippen LogP contribution < -0.4 is 5.32 Å². The molecule has 0 spiro atoms. The Morgan fingerprint density at radius 3 is 2.48 bits per heavy atom. The zero-order valence-electron chi connectivity index (χ0n) is 15.2. The molecule has 0 radical (unpaired) electrons. The molecule has 1 aliphatic heterocycles. The molecule has 8 heteroatoms. The van der Waals surface area contributed by atoms with E-state index in [4.69, 9.17) is 0 Å². The first-order valence-corrected chi connectivity index (χ1v) is 10.0. The molecule has 0 saturated carbocycles. The van der Waals surface area contributed by atoms with Gasteiger partial charge in [0, 0.05) is 26.0 Å². The number of nitrogens with one attached hydrogen (secondary N) is 1. The van der Waals surface area contributed by atoms with E-state index in [1.54, 1.807) is 19.2 Å². The molecule has 7 nitrogen and oxygen atoms in total. The van der Waals surface area contributed by atoms with E-state index in [0.717, 1.165) is 11.3 Å². The van der Waals surface area contributed by atoms with Crippen LogP contribution in [0.5, 0.6) is 0 Å². The lowest BCUT2D eigenvalue weighted by molar-refractivity contribution is -0.118. The average Bonchev–Trinajstić information content (AvgIpc) is 2.69. The Morgan fingerprint density at radius 1 is 1.15 bits per heavy atom. The Balaban J connectivity index is 1.95. The molecule has 0 fully saturated rings. The van der Waals surface area contributed by atoms with E-state index in [-0.39, 0.29) is 19.0 Å². The van der Waals surface area contributed by atoms with Crippen LogP contribution in [-0.2, 0) is 21.5 Å². The minimum absolute atomic E-state index is 0.241. The second kappa shape index (κ2) is 7.89. The first kappa shape index (κ1) is 19.1. The van der Waals surface area contributed by atoms with Crippen molar-refractivity contribution in [2.45, 2.75) is 19.5 Å². The zero-order valence-corrected chi connectivity index (χ0v) is 16.1. The van der Waals surface area contributed by atoms with Gasteiger partial charge >= 0.3 is 10.2 Å². The molecule has 1 amide bonds. The monoisotopic (exact) mass is 386 g/mol. The average molecular weight is 386 g/mol. The van der Waals surface area contributed by atoms with Crippen molar-refractivity contribution < 1.29 is 13.2 Å². The van der Waals surface area contributed by atoms with Crippen molar-refractivity contribution in [1.29, 1.82) is 0 Å². The molecule has 0 aliphatic carbocycles. The summed E-state index contributed by atoms with van der Waals surface area (Å²) in [6, 6.07) is 13.9. The largest absolute Gasteiger partial charge is 0.347 e. The summed E-state index contributed by atoms with van der Waals surface area (Å²) in [7, 11) is -2.19. The number of amides is 1. The van der Waals surface area contributed by atoms with Gasteiger partial charge in [0.1, 0.15) is 0 Å². The maximum Gasteiger partial charge on any atom is 0.304 e. The Labute approximate surface area is 159 Å². The second-order valence-electron chi connectivity index (χ2n) is 6.13. The third-order valence-electron chi connectivity index (χ3n) is 4.45. The minimum atomic E-state index is -3.69. The fraction of sp³-hybridized carbons (Fsp3) is 0.263. The van der Waals surface area contributed by atoms with E-state index in [0.29, 0.717) is 5.57 Å². The van der Waals surface area contributed by atoms with Crippen molar-refractivity contribution in [3.05, 3.63) is 77.8 Å². The van der Waals surface area contributed by atoms with Gasteiger partial charge in [-0.05, 0) is 24.6 Å². The highest BCUT2D eigenvalue weighted by atomic mass is 32.2. The van der Waals surface area contributed by atoms with Gasteiger partial charge in [0.05, 0.1) is 23.9 Å². The highest BCUT2D eigenvalue weighted by Gasteiger charge is 2.40. The van der Waals surface area contributed by atoms with Crippen LogP contribution in [0.3, 0.4) is 0 Å². The van der Waals surface area contributed by atoms with Gasteiger partial charge in [-0.3, -0.25) is 14.1 Å². The van der Waals surface area contributed by atoms with Gasteiger partial charge in [-0.2, -0.15) is 12.7 Å². The summed E-state index contributed by atoms with van der Waals surface area (Å²) in [5, 5.41) is 2.84. The SMILES string of the molecule is CCN1C=C(C(=O)NCc2ccccn2)C(c2ccccc2)N(C)S1(=O)=O. The number of rotatable bonds is 5. The third kappa shape index (κ3) is 3.86. The van der Waals surface area contributed by atoms with Gasteiger partial charge in [-0.15, -0.1) is 0 Å². The van der Waals surface area contributed by atoms with Gasteiger partial charge in [-0.25, -0.2) is 0 Å². The van der Waals surface area contributed by atoms with Crippen molar-refractivity contribution in [2.24, 2.45) is 0 Å². The van der Waals surface area contributed by atoms with E-state index in [1.807, 2.05) is 42.5 Å². The number of carbonyl (C=O) groups is 1. The summed E-state index contributed by atoms with van der Waals surface area (Å²) in [6.07, 6.45) is 3.09. The van der Waals surface area contributed by atoms with Crippen molar-refractivity contribution in [2.75, 3.05) is 13.6 Å². The quantitative estimate of drug-likeness (QED) is 0.850. The summed E-state index contributed by atoms with van der Waals surface area (Å²) in [6.45, 7) is 2.24. The number of hydrogen-bond donors (Lipinski definition) is 1. The summed E-state index contributed by atoms with van der Waals surface area (Å²) >= 11 is 0. The number of pyridine rings is 1. The number of aromatic nitrogens is 1. The number of hydrogen-bond acceptors (Lipinski definition) is 4. The highest BCUT2D eigenvalue weighted by Crippen LogP contribution is 2.35. The van der Waals surface area contributed by atoms with Crippen LogP contribution in [0.15, 0.2) is 66.5 Å². The van der Waals surface area contributed by atoms with Crippen LogP contribution >= 0.6 is 0 Å². The first-order chi connectivity index (χ1) is 12.9. The topological polar surface area (TPSA) is 82.6 Å². The minimum Gasteiger partial charge on any atom is -0.347 e. The van der Waals surface area contributed by atoms with Crippen molar-refractivity contribution in [3.63, 3.8) is 0 Å². The molecular weight excluding hydrogens is 364 g/mol. The maximum atomic E-state index is 12.9. The molecule has 1 aromatic carbocycles. The lowest BCUT2D eigenvalue weighted by atomic mass is 9.98. The van der Waals surface area contributed by atoms with Gasteiger partial charge in [0.2, 0.25) is 0 Å². The number of likely N-dealkylation sites (N-methyl/N-ethyl adjacent to an activating group) is 1. The molecule has 27 heavy (non-hydrogen) atoms. The van der Waals surface area contributed by atoms with Crippen LogP contribution in [0.2, 0.25) is 0 Å². The van der Waals surface area contributed by atoms with Gasteiger partial charge in [-0.1, -0.05) is 36.4 Å². The first-order valence-electron chi connectivity index (χ1n) is 8.64. The fourth-order valence-corrected chi connectivity index (χ4v) is 4.43. The van der Waals surface area contributed by atoms with Gasteiger partial charge < -0.3 is 5.32 Å². The van der Waals surface area contributed by atoms with E-state index >= 15 is 0 Å². The molecule has 0 saturated heterocycles. The fourth-order valence-electron chi connectivity index (χ4n) is 3.02. The molecule has 2 aromatic rings. The standard InChI is InChI=1S/C19H22N4O3S/c1-3-23-14-17(19(24)21-13-16-11-7-8-12-20-16)18(22(2)27(23,25)26)15-9-5-4-6-10-15/h4-12,14,18H,3,13H2,1-2H3,(H,21,24). The Morgan fingerprint density at radius 2 is 1.85 bits per heavy atom. The van der Waals surface area contributed by atoms with Crippen LogP contribution in [0, 0.1) is 0 Å². The van der Waals surface area contributed by atoms with Crippen molar-refractivity contribution in [1.82, 2.24) is 18.9 Å². The molecule has 0 bridgehead atoms. The number of benzene rings is 1. The van der Waals surface area contributed by atoms with Crippen LogP contribution in [-0.4, -0.2) is 41.5 Å². The zero-order chi connectivity index (χ0) is 19.4. The van der Waals surface area contributed by atoms with Crippen LogP contribution in [0.25, 0.3) is 0 Å². The normalized spacial score (nSPS) is 19.4. The molecule has 2 heterocycles. The predicted molar refractivity (Wildman–Crippen MR) is 102 cm³/mol. The number of carbonyl (C=O) groups excluding carboxylic acids is 1.